The summed E-state index contributed by atoms with van der Waals surface area (Å²) in [6, 6.07) is 5.80. The minimum Gasteiger partial charge on any atom is -0.357 e. The highest BCUT2D eigenvalue weighted by Crippen LogP contribution is 2.09. The predicted octanol–water partition coefficient (Wildman–Crippen LogP) is 1.53. The SMILES string of the molecule is CCNC(=NCc1nnc2ccccn12)NCCc1nc(C(C)C)no1. The number of pyridine rings is 1. The molecule has 2 N–H and O–H groups in total. The largest absolute Gasteiger partial charge is 0.357 e. The quantitative estimate of drug-likeness (QED) is 0.488. The molecule has 138 valence electrons. The van der Waals surface area contributed by atoms with Crippen LogP contribution in [0.15, 0.2) is 33.9 Å². The van der Waals surface area contributed by atoms with Crippen LogP contribution in [0.1, 0.15) is 44.2 Å². The molecular formula is C17H24N8O. The van der Waals surface area contributed by atoms with Gasteiger partial charge in [-0.15, -0.1) is 10.2 Å². The summed E-state index contributed by atoms with van der Waals surface area (Å²) in [5.41, 5.74) is 0.813. The van der Waals surface area contributed by atoms with Crippen LogP contribution >= 0.6 is 0 Å². The molecule has 3 aromatic heterocycles. The minimum absolute atomic E-state index is 0.261. The average molecular weight is 356 g/mol. The highest BCUT2D eigenvalue weighted by Gasteiger charge is 2.10. The van der Waals surface area contributed by atoms with E-state index in [9.17, 15) is 0 Å². The van der Waals surface area contributed by atoms with Crippen LogP contribution in [-0.4, -0.2) is 43.8 Å². The van der Waals surface area contributed by atoms with Crippen LogP contribution in [-0.2, 0) is 13.0 Å². The maximum atomic E-state index is 5.25. The highest BCUT2D eigenvalue weighted by molar-refractivity contribution is 5.79. The molecule has 0 saturated carbocycles. The molecule has 26 heavy (non-hydrogen) atoms. The molecule has 0 saturated heterocycles. The van der Waals surface area contributed by atoms with Gasteiger partial charge in [0.1, 0.15) is 6.54 Å². The summed E-state index contributed by atoms with van der Waals surface area (Å²) in [5, 5.41) is 18.8. The molecule has 9 nitrogen and oxygen atoms in total. The van der Waals surface area contributed by atoms with Gasteiger partial charge in [-0.2, -0.15) is 4.98 Å². The second kappa shape index (κ2) is 8.41. The molecule has 3 heterocycles. The topological polar surface area (TPSA) is 106 Å². The number of hydrogen-bond donors (Lipinski definition) is 2. The lowest BCUT2D eigenvalue weighted by Gasteiger charge is -2.09. The van der Waals surface area contributed by atoms with Crippen molar-refractivity contribution in [2.75, 3.05) is 13.1 Å². The van der Waals surface area contributed by atoms with Crippen LogP contribution in [0, 0.1) is 0 Å². The number of nitrogens with zero attached hydrogens (tertiary/aromatic N) is 6. The standard InChI is InChI=1S/C17H24N8O/c1-4-18-17(19-9-8-15-21-16(12(2)3)24-26-15)20-11-14-23-22-13-7-5-6-10-25(13)14/h5-7,10,12H,4,8-9,11H2,1-3H3,(H2,18,19,20). The molecule has 0 fully saturated rings. The number of guanidine groups is 1. The van der Waals surface area contributed by atoms with Crippen LogP contribution in [0.4, 0.5) is 0 Å². The molecule has 3 rings (SSSR count). The summed E-state index contributed by atoms with van der Waals surface area (Å²) in [4.78, 5) is 8.95. The van der Waals surface area contributed by atoms with Crippen molar-refractivity contribution in [3.05, 3.63) is 41.9 Å². The molecule has 0 amide bonds. The van der Waals surface area contributed by atoms with E-state index in [0.29, 0.717) is 31.4 Å². The Morgan fingerprint density at radius 1 is 1.27 bits per heavy atom. The molecule has 0 aliphatic carbocycles. The third-order valence-corrected chi connectivity index (χ3v) is 3.74. The Kier molecular flexibility index (Phi) is 5.77. The molecule has 0 atom stereocenters. The fourth-order valence-corrected chi connectivity index (χ4v) is 2.38. The Morgan fingerprint density at radius 2 is 2.15 bits per heavy atom. The monoisotopic (exact) mass is 356 g/mol. The van der Waals surface area contributed by atoms with Crippen LogP contribution in [0.2, 0.25) is 0 Å². The van der Waals surface area contributed by atoms with E-state index in [0.717, 1.165) is 23.8 Å². The van der Waals surface area contributed by atoms with Crippen molar-refractivity contribution in [3.8, 4) is 0 Å². The zero-order valence-corrected chi connectivity index (χ0v) is 15.3. The first-order chi connectivity index (χ1) is 12.7. The summed E-state index contributed by atoms with van der Waals surface area (Å²) < 4.78 is 7.18. The zero-order valence-electron chi connectivity index (χ0n) is 15.3. The molecule has 0 unspecified atom stereocenters. The molecule has 0 radical (unpaired) electrons. The lowest BCUT2D eigenvalue weighted by molar-refractivity contribution is 0.371. The van der Waals surface area contributed by atoms with E-state index in [1.165, 1.54) is 0 Å². The van der Waals surface area contributed by atoms with E-state index in [4.69, 9.17) is 4.52 Å². The minimum atomic E-state index is 0.261. The molecule has 0 aliphatic rings. The summed E-state index contributed by atoms with van der Waals surface area (Å²) in [6.07, 6.45) is 2.57. The highest BCUT2D eigenvalue weighted by atomic mass is 16.5. The number of aromatic nitrogens is 5. The number of aliphatic imine (C=N–C) groups is 1. The van der Waals surface area contributed by atoms with Gasteiger partial charge in [0, 0.05) is 31.6 Å². The van der Waals surface area contributed by atoms with Gasteiger partial charge in [-0.05, 0) is 19.1 Å². The first-order valence-electron chi connectivity index (χ1n) is 8.80. The van der Waals surface area contributed by atoms with Gasteiger partial charge in [-0.25, -0.2) is 4.99 Å². The molecule has 0 spiro atoms. The number of fused-ring (bicyclic) bond motifs is 1. The van der Waals surface area contributed by atoms with E-state index < -0.39 is 0 Å². The average Bonchev–Trinajstić information content (AvgIpc) is 3.27. The Balaban J connectivity index is 1.58. The van der Waals surface area contributed by atoms with Crippen LogP contribution < -0.4 is 10.6 Å². The van der Waals surface area contributed by atoms with Gasteiger partial charge < -0.3 is 15.2 Å². The van der Waals surface area contributed by atoms with Crippen molar-refractivity contribution in [2.24, 2.45) is 4.99 Å². The second-order valence-corrected chi connectivity index (χ2v) is 6.12. The van der Waals surface area contributed by atoms with E-state index in [1.54, 1.807) is 0 Å². The second-order valence-electron chi connectivity index (χ2n) is 6.12. The van der Waals surface area contributed by atoms with Crippen molar-refractivity contribution in [1.29, 1.82) is 0 Å². The molecule has 3 aromatic rings. The van der Waals surface area contributed by atoms with Gasteiger partial charge in [-0.3, -0.25) is 4.40 Å². The van der Waals surface area contributed by atoms with Crippen molar-refractivity contribution in [3.63, 3.8) is 0 Å². The van der Waals surface area contributed by atoms with E-state index in [2.05, 4.69) is 36.0 Å². The summed E-state index contributed by atoms with van der Waals surface area (Å²) >= 11 is 0. The Bertz CT molecular complexity index is 866. The smallest absolute Gasteiger partial charge is 0.228 e. The predicted molar refractivity (Wildman–Crippen MR) is 97.9 cm³/mol. The Hall–Kier alpha value is -2.97. The zero-order chi connectivity index (χ0) is 18.4. The number of hydrogen-bond acceptors (Lipinski definition) is 6. The van der Waals surface area contributed by atoms with Crippen LogP contribution in [0.5, 0.6) is 0 Å². The Morgan fingerprint density at radius 3 is 2.92 bits per heavy atom. The first kappa shape index (κ1) is 17.8. The summed E-state index contributed by atoms with van der Waals surface area (Å²) in [7, 11) is 0. The third-order valence-electron chi connectivity index (χ3n) is 3.74. The lowest BCUT2D eigenvalue weighted by Crippen LogP contribution is -2.38. The summed E-state index contributed by atoms with van der Waals surface area (Å²) in [6.45, 7) is 7.94. The van der Waals surface area contributed by atoms with E-state index >= 15 is 0 Å². The summed E-state index contributed by atoms with van der Waals surface area (Å²) in [5.74, 6) is 3.12. The molecule has 9 heteroatoms. The number of nitrogens with one attached hydrogen (secondary N) is 2. The normalized spacial score (nSPS) is 12.1. The van der Waals surface area contributed by atoms with E-state index in [-0.39, 0.29) is 5.92 Å². The van der Waals surface area contributed by atoms with Crippen molar-refractivity contribution in [1.82, 2.24) is 35.4 Å². The molecule has 0 aliphatic heterocycles. The van der Waals surface area contributed by atoms with Gasteiger partial charge in [0.15, 0.2) is 23.3 Å². The fourth-order valence-electron chi connectivity index (χ4n) is 2.38. The van der Waals surface area contributed by atoms with Crippen LogP contribution in [0.25, 0.3) is 5.65 Å². The van der Waals surface area contributed by atoms with Gasteiger partial charge in [0.05, 0.1) is 0 Å². The Labute approximate surface area is 151 Å². The van der Waals surface area contributed by atoms with Gasteiger partial charge in [0.25, 0.3) is 0 Å². The number of rotatable bonds is 7. The van der Waals surface area contributed by atoms with Gasteiger partial charge >= 0.3 is 0 Å². The van der Waals surface area contributed by atoms with Gasteiger partial charge in [-0.1, -0.05) is 25.1 Å². The van der Waals surface area contributed by atoms with Crippen LogP contribution in [0.3, 0.4) is 0 Å². The molecule has 0 aromatic carbocycles. The first-order valence-corrected chi connectivity index (χ1v) is 8.80. The maximum absolute atomic E-state index is 5.25. The third kappa shape index (κ3) is 4.35. The molecular weight excluding hydrogens is 332 g/mol. The van der Waals surface area contributed by atoms with Gasteiger partial charge in [0.2, 0.25) is 5.89 Å². The van der Waals surface area contributed by atoms with Crippen molar-refractivity contribution >= 4 is 11.6 Å². The fraction of sp³-hybridized carbons (Fsp3) is 0.471. The van der Waals surface area contributed by atoms with Crippen molar-refractivity contribution < 1.29 is 4.52 Å². The molecule has 0 bridgehead atoms. The maximum Gasteiger partial charge on any atom is 0.228 e. The lowest BCUT2D eigenvalue weighted by atomic mass is 10.2. The van der Waals surface area contributed by atoms with E-state index in [1.807, 2.05) is 49.6 Å². The van der Waals surface area contributed by atoms with Crippen molar-refractivity contribution in [2.45, 2.75) is 39.7 Å².